The molecule has 0 unspecified atom stereocenters. The zero-order chi connectivity index (χ0) is 11.0. The van der Waals surface area contributed by atoms with Gasteiger partial charge in [-0.15, -0.1) is 0 Å². The summed E-state index contributed by atoms with van der Waals surface area (Å²) in [7, 11) is 0. The molecule has 3 nitrogen and oxygen atoms in total. The van der Waals surface area contributed by atoms with Crippen LogP contribution in [-0.4, -0.2) is 16.4 Å². The van der Waals surface area contributed by atoms with Crippen molar-refractivity contribution in [2.75, 3.05) is 0 Å². The Labute approximate surface area is 90.4 Å². The Hall–Kier alpha value is -0.640. The Morgan fingerprint density at radius 2 is 2.07 bits per heavy atom. The molecular weight excluding hydrogens is 196 g/mol. The molecule has 0 atom stereocenters. The average Bonchev–Trinajstić information content (AvgIpc) is 2.83. The molecule has 0 spiro atoms. The van der Waals surface area contributed by atoms with Crippen LogP contribution in [0.4, 0.5) is 0 Å². The molecule has 0 aromatic carbocycles. The third-order valence-electron chi connectivity index (χ3n) is 2.99. The van der Waals surface area contributed by atoms with Gasteiger partial charge in [-0.25, -0.2) is 0 Å². The Kier molecular flexibility index (Phi) is 2.86. The van der Waals surface area contributed by atoms with E-state index in [4.69, 9.17) is 18.0 Å². The topological polar surface area (TPSA) is 55.1 Å². The van der Waals surface area contributed by atoms with Crippen molar-refractivity contribution in [3.63, 3.8) is 0 Å². The van der Waals surface area contributed by atoms with Crippen molar-refractivity contribution in [3.8, 4) is 0 Å². The largest absolute Gasteiger partial charge is 0.392 e. The first-order valence-electron chi connectivity index (χ1n) is 4.96. The minimum Gasteiger partial charge on any atom is -0.392 e. The van der Waals surface area contributed by atoms with E-state index in [0.717, 1.165) is 19.3 Å². The second-order valence-corrected chi connectivity index (χ2v) is 5.08. The zero-order valence-corrected chi connectivity index (χ0v) is 9.83. The maximum atomic E-state index is 11.9. The number of hydrogen-bond acceptors (Lipinski definition) is 2. The lowest BCUT2D eigenvalue weighted by Crippen LogP contribution is -2.49. The van der Waals surface area contributed by atoms with Crippen molar-refractivity contribution < 1.29 is 4.79 Å². The standard InChI is InChI=1S/C10H18N2OS/c1-4-9(2,3)12-8(13)10(5-6-10)7(11)14/h4-6H2,1-3H3,(H2,11,14)(H,12,13). The smallest absolute Gasteiger partial charge is 0.233 e. The van der Waals surface area contributed by atoms with Crippen molar-refractivity contribution in [1.29, 1.82) is 0 Å². The van der Waals surface area contributed by atoms with Crippen LogP contribution in [0, 0.1) is 5.41 Å². The molecule has 0 heterocycles. The van der Waals surface area contributed by atoms with Gasteiger partial charge in [0, 0.05) is 5.54 Å². The van der Waals surface area contributed by atoms with Gasteiger partial charge in [-0.1, -0.05) is 19.1 Å². The summed E-state index contributed by atoms with van der Waals surface area (Å²) in [5.41, 5.74) is 4.87. The summed E-state index contributed by atoms with van der Waals surface area (Å²) in [6, 6.07) is 0. The van der Waals surface area contributed by atoms with Crippen molar-refractivity contribution in [1.82, 2.24) is 5.32 Å². The highest BCUT2D eigenvalue weighted by Gasteiger charge is 2.53. The van der Waals surface area contributed by atoms with Gasteiger partial charge in [-0.3, -0.25) is 4.79 Å². The van der Waals surface area contributed by atoms with E-state index < -0.39 is 5.41 Å². The minimum atomic E-state index is -0.526. The predicted octanol–water partition coefficient (Wildman–Crippen LogP) is 1.36. The van der Waals surface area contributed by atoms with Gasteiger partial charge in [0.15, 0.2) is 0 Å². The van der Waals surface area contributed by atoms with Crippen LogP contribution < -0.4 is 11.1 Å². The fourth-order valence-corrected chi connectivity index (χ4v) is 1.52. The molecule has 0 bridgehead atoms. The number of thiocarbonyl (C=S) groups is 1. The van der Waals surface area contributed by atoms with Crippen molar-refractivity contribution in [3.05, 3.63) is 0 Å². The molecular formula is C10H18N2OS. The van der Waals surface area contributed by atoms with Crippen LogP contribution in [0.25, 0.3) is 0 Å². The minimum absolute atomic E-state index is 0.00292. The van der Waals surface area contributed by atoms with Gasteiger partial charge in [-0.05, 0) is 33.1 Å². The Morgan fingerprint density at radius 1 is 1.57 bits per heavy atom. The van der Waals surface area contributed by atoms with E-state index in [2.05, 4.69) is 5.32 Å². The van der Waals surface area contributed by atoms with E-state index >= 15 is 0 Å². The van der Waals surface area contributed by atoms with Crippen LogP contribution in [0.3, 0.4) is 0 Å². The molecule has 1 rings (SSSR count). The van der Waals surface area contributed by atoms with Gasteiger partial charge in [0.25, 0.3) is 0 Å². The van der Waals surface area contributed by atoms with Crippen LogP contribution in [0.1, 0.15) is 40.0 Å². The number of carbonyl (C=O) groups is 1. The van der Waals surface area contributed by atoms with E-state index in [9.17, 15) is 4.79 Å². The molecule has 1 saturated carbocycles. The van der Waals surface area contributed by atoms with E-state index in [1.165, 1.54) is 0 Å². The van der Waals surface area contributed by atoms with Crippen LogP contribution in [0.2, 0.25) is 0 Å². The van der Waals surface area contributed by atoms with Crippen molar-refractivity contribution in [2.24, 2.45) is 11.1 Å². The molecule has 0 radical (unpaired) electrons. The summed E-state index contributed by atoms with van der Waals surface area (Å²) >= 11 is 4.91. The lowest BCUT2D eigenvalue weighted by molar-refractivity contribution is -0.125. The van der Waals surface area contributed by atoms with E-state index in [1.807, 2.05) is 20.8 Å². The van der Waals surface area contributed by atoms with E-state index in [1.54, 1.807) is 0 Å². The number of amides is 1. The number of carbonyl (C=O) groups excluding carboxylic acids is 1. The van der Waals surface area contributed by atoms with E-state index in [0.29, 0.717) is 4.99 Å². The molecule has 3 N–H and O–H groups in total. The Bertz CT molecular complexity index is 269. The molecule has 0 aliphatic heterocycles. The molecule has 14 heavy (non-hydrogen) atoms. The first-order chi connectivity index (χ1) is 6.34. The van der Waals surface area contributed by atoms with Gasteiger partial charge in [0.1, 0.15) is 0 Å². The first-order valence-corrected chi connectivity index (χ1v) is 5.37. The van der Waals surface area contributed by atoms with Crippen LogP contribution in [0.15, 0.2) is 0 Å². The third-order valence-corrected chi connectivity index (χ3v) is 3.38. The fourth-order valence-electron chi connectivity index (χ4n) is 1.23. The van der Waals surface area contributed by atoms with Crippen LogP contribution in [-0.2, 0) is 4.79 Å². The van der Waals surface area contributed by atoms with Gasteiger partial charge in [0.05, 0.1) is 10.4 Å². The Morgan fingerprint density at radius 3 is 2.36 bits per heavy atom. The van der Waals surface area contributed by atoms with Gasteiger partial charge < -0.3 is 11.1 Å². The third kappa shape index (κ3) is 2.05. The fraction of sp³-hybridized carbons (Fsp3) is 0.800. The van der Waals surface area contributed by atoms with Crippen LogP contribution in [0.5, 0.6) is 0 Å². The molecule has 1 amide bonds. The second kappa shape index (κ2) is 3.50. The quantitative estimate of drug-likeness (QED) is 0.695. The SMILES string of the molecule is CCC(C)(C)NC(=O)C1(C(N)=S)CC1. The molecule has 0 aromatic rings. The average molecular weight is 214 g/mol. The predicted molar refractivity (Wildman–Crippen MR) is 61.0 cm³/mol. The number of nitrogens with two attached hydrogens (primary N) is 1. The summed E-state index contributed by atoms with van der Waals surface area (Å²) in [5.74, 6) is -0.00292. The highest BCUT2D eigenvalue weighted by molar-refractivity contribution is 7.80. The van der Waals surface area contributed by atoms with Gasteiger partial charge in [0.2, 0.25) is 5.91 Å². The molecule has 1 fully saturated rings. The lowest BCUT2D eigenvalue weighted by Gasteiger charge is -2.27. The zero-order valence-electron chi connectivity index (χ0n) is 9.02. The molecule has 80 valence electrons. The monoisotopic (exact) mass is 214 g/mol. The first kappa shape index (κ1) is 11.4. The molecule has 1 aliphatic rings. The summed E-state index contributed by atoms with van der Waals surface area (Å²) in [6.07, 6.45) is 2.49. The van der Waals surface area contributed by atoms with Gasteiger partial charge >= 0.3 is 0 Å². The van der Waals surface area contributed by atoms with E-state index in [-0.39, 0.29) is 11.4 Å². The maximum Gasteiger partial charge on any atom is 0.233 e. The molecule has 0 saturated heterocycles. The summed E-state index contributed by atoms with van der Waals surface area (Å²) in [5, 5.41) is 2.98. The number of nitrogens with one attached hydrogen (secondary N) is 1. The number of rotatable bonds is 4. The Balaban J connectivity index is 2.64. The summed E-state index contributed by atoms with van der Waals surface area (Å²) in [6.45, 7) is 6.04. The van der Waals surface area contributed by atoms with Gasteiger partial charge in [-0.2, -0.15) is 0 Å². The van der Waals surface area contributed by atoms with Crippen molar-refractivity contribution in [2.45, 2.75) is 45.6 Å². The number of hydrogen-bond donors (Lipinski definition) is 2. The summed E-state index contributed by atoms with van der Waals surface area (Å²) in [4.78, 5) is 12.2. The highest BCUT2D eigenvalue weighted by Crippen LogP contribution is 2.46. The van der Waals surface area contributed by atoms with Crippen molar-refractivity contribution >= 4 is 23.1 Å². The molecule has 0 aromatic heterocycles. The highest BCUT2D eigenvalue weighted by atomic mass is 32.1. The summed E-state index contributed by atoms with van der Waals surface area (Å²) < 4.78 is 0. The normalized spacial score (nSPS) is 18.8. The van der Waals surface area contributed by atoms with Crippen LogP contribution >= 0.6 is 12.2 Å². The molecule has 1 aliphatic carbocycles. The lowest BCUT2D eigenvalue weighted by atomic mass is 9.98. The molecule has 4 heteroatoms. The second-order valence-electron chi connectivity index (χ2n) is 4.64. The maximum absolute atomic E-state index is 11.9.